The van der Waals surface area contributed by atoms with E-state index < -0.39 is 29.3 Å². The number of ether oxygens (including phenoxy) is 1. The largest absolute Gasteiger partial charge is 0.573 e. The standard InChI is InChI=1S/C8H5ClF3NO3/c9-4-2-6(16-8(10,11)12)5(13)1-3(4)7(14)15/h1-2H,13H2,(H,14,15). The van der Waals surface area contributed by atoms with Crippen LogP contribution in [0.5, 0.6) is 5.75 Å². The molecule has 0 radical (unpaired) electrons. The number of benzene rings is 1. The van der Waals surface area contributed by atoms with Crippen LogP contribution >= 0.6 is 11.6 Å². The van der Waals surface area contributed by atoms with E-state index in [1.165, 1.54) is 0 Å². The summed E-state index contributed by atoms with van der Waals surface area (Å²) < 4.78 is 39.2. The van der Waals surface area contributed by atoms with Crippen molar-refractivity contribution in [2.45, 2.75) is 6.36 Å². The third-order valence-electron chi connectivity index (χ3n) is 1.56. The Labute approximate surface area is 92.4 Å². The Bertz CT molecular complexity index is 433. The second-order valence-electron chi connectivity index (χ2n) is 2.72. The van der Waals surface area contributed by atoms with E-state index in [-0.39, 0.29) is 5.02 Å². The second-order valence-corrected chi connectivity index (χ2v) is 3.13. The number of nitrogens with two attached hydrogens (primary N) is 1. The lowest BCUT2D eigenvalue weighted by Crippen LogP contribution is -2.18. The molecule has 1 aromatic carbocycles. The summed E-state index contributed by atoms with van der Waals surface area (Å²) in [6.45, 7) is 0. The first kappa shape index (κ1) is 12.4. The number of halogens is 4. The van der Waals surface area contributed by atoms with Gasteiger partial charge in [0, 0.05) is 6.07 Å². The molecule has 0 aliphatic heterocycles. The van der Waals surface area contributed by atoms with Crippen LogP contribution in [0.4, 0.5) is 18.9 Å². The highest BCUT2D eigenvalue weighted by atomic mass is 35.5. The minimum Gasteiger partial charge on any atom is -0.478 e. The van der Waals surface area contributed by atoms with Crippen LogP contribution < -0.4 is 10.5 Å². The van der Waals surface area contributed by atoms with Gasteiger partial charge in [0.15, 0.2) is 5.75 Å². The molecular weight excluding hydrogens is 251 g/mol. The summed E-state index contributed by atoms with van der Waals surface area (Å²) >= 11 is 5.44. The van der Waals surface area contributed by atoms with Crippen LogP contribution in [0.2, 0.25) is 5.02 Å². The van der Waals surface area contributed by atoms with E-state index in [1.54, 1.807) is 0 Å². The van der Waals surface area contributed by atoms with Gasteiger partial charge < -0.3 is 15.6 Å². The molecule has 16 heavy (non-hydrogen) atoms. The molecule has 0 amide bonds. The molecule has 0 spiro atoms. The van der Waals surface area contributed by atoms with Gasteiger partial charge in [-0.05, 0) is 6.07 Å². The van der Waals surface area contributed by atoms with Gasteiger partial charge in [-0.2, -0.15) is 0 Å². The fraction of sp³-hybridized carbons (Fsp3) is 0.125. The van der Waals surface area contributed by atoms with Gasteiger partial charge in [0.25, 0.3) is 0 Å². The lowest BCUT2D eigenvalue weighted by molar-refractivity contribution is -0.274. The Morgan fingerprint density at radius 2 is 2.00 bits per heavy atom. The average molecular weight is 256 g/mol. The van der Waals surface area contributed by atoms with Crippen molar-refractivity contribution in [2.24, 2.45) is 0 Å². The van der Waals surface area contributed by atoms with Crippen molar-refractivity contribution in [3.05, 3.63) is 22.7 Å². The molecule has 0 aliphatic rings. The Balaban J connectivity index is 3.16. The summed E-state index contributed by atoms with van der Waals surface area (Å²) in [5.74, 6) is -2.13. The van der Waals surface area contributed by atoms with Gasteiger partial charge >= 0.3 is 12.3 Å². The van der Waals surface area contributed by atoms with E-state index in [4.69, 9.17) is 22.4 Å². The quantitative estimate of drug-likeness (QED) is 0.797. The van der Waals surface area contributed by atoms with Crippen LogP contribution in [0.3, 0.4) is 0 Å². The number of rotatable bonds is 2. The topological polar surface area (TPSA) is 72.6 Å². The van der Waals surface area contributed by atoms with Crippen LogP contribution in [0, 0.1) is 0 Å². The SMILES string of the molecule is Nc1cc(C(=O)O)c(Cl)cc1OC(F)(F)F. The number of aromatic carboxylic acids is 1. The highest BCUT2D eigenvalue weighted by Gasteiger charge is 2.32. The van der Waals surface area contributed by atoms with E-state index in [0.29, 0.717) is 6.07 Å². The maximum Gasteiger partial charge on any atom is 0.573 e. The number of anilines is 1. The number of nitrogen functional groups attached to an aromatic ring is 1. The lowest BCUT2D eigenvalue weighted by Gasteiger charge is -2.12. The first-order valence-corrected chi connectivity index (χ1v) is 4.16. The molecule has 3 N–H and O–H groups in total. The molecule has 0 aliphatic carbocycles. The summed E-state index contributed by atoms with van der Waals surface area (Å²) in [6.07, 6.45) is -4.91. The first-order chi connectivity index (χ1) is 7.20. The molecule has 8 heteroatoms. The maximum absolute atomic E-state index is 11.9. The van der Waals surface area contributed by atoms with Crippen molar-refractivity contribution in [3.63, 3.8) is 0 Å². The molecule has 1 rings (SSSR count). The average Bonchev–Trinajstić information content (AvgIpc) is 2.07. The van der Waals surface area contributed by atoms with Gasteiger partial charge in [0.2, 0.25) is 0 Å². The Hall–Kier alpha value is -1.63. The van der Waals surface area contributed by atoms with E-state index in [0.717, 1.165) is 6.07 Å². The Morgan fingerprint density at radius 1 is 1.44 bits per heavy atom. The molecule has 0 unspecified atom stereocenters. The minimum absolute atomic E-state index is 0.388. The van der Waals surface area contributed by atoms with Crippen LogP contribution in [-0.4, -0.2) is 17.4 Å². The predicted octanol–water partition coefficient (Wildman–Crippen LogP) is 2.52. The lowest BCUT2D eigenvalue weighted by atomic mass is 10.2. The van der Waals surface area contributed by atoms with Crippen LogP contribution in [0.15, 0.2) is 12.1 Å². The molecule has 0 heterocycles. The highest BCUT2D eigenvalue weighted by molar-refractivity contribution is 6.33. The highest BCUT2D eigenvalue weighted by Crippen LogP contribution is 2.33. The third-order valence-corrected chi connectivity index (χ3v) is 1.87. The molecule has 88 valence electrons. The summed E-state index contributed by atoms with van der Waals surface area (Å²) in [6, 6.07) is 1.50. The van der Waals surface area contributed by atoms with E-state index in [9.17, 15) is 18.0 Å². The number of carboxylic acid groups (broad SMARTS) is 1. The van der Waals surface area contributed by atoms with E-state index in [2.05, 4.69) is 4.74 Å². The van der Waals surface area contributed by atoms with E-state index >= 15 is 0 Å². The number of carbonyl (C=O) groups is 1. The molecule has 0 saturated heterocycles. The van der Waals surface area contributed by atoms with Crippen molar-refractivity contribution in [1.29, 1.82) is 0 Å². The fourth-order valence-electron chi connectivity index (χ4n) is 0.949. The van der Waals surface area contributed by atoms with Gasteiger partial charge in [-0.15, -0.1) is 13.2 Å². The first-order valence-electron chi connectivity index (χ1n) is 3.79. The molecule has 0 bridgehead atoms. The fourth-order valence-corrected chi connectivity index (χ4v) is 1.18. The third kappa shape index (κ3) is 2.93. The molecule has 0 atom stereocenters. The van der Waals surface area contributed by atoms with Crippen molar-refractivity contribution in [3.8, 4) is 5.75 Å². The smallest absolute Gasteiger partial charge is 0.478 e. The van der Waals surface area contributed by atoms with Crippen molar-refractivity contribution in [1.82, 2.24) is 0 Å². The van der Waals surface area contributed by atoms with Gasteiger partial charge in [-0.3, -0.25) is 0 Å². The minimum atomic E-state index is -4.91. The monoisotopic (exact) mass is 255 g/mol. The van der Waals surface area contributed by atoms with Crippen LogP contribution in [-0.2, 0) is 0 Å². The van der Waals surface area contributed by atoms with Crippen LogP contribution in [0.1, 0.15) is 10.4 Å². The summed E-state index contributed by atoms with van der Waals surface area (Å²) in [7, 11) is 0. The molecule has 1 aromatic rings. The number of alkyl halides is 3. The van der Waals surface area contributed by atoms with Crippen LogP contribution in [0.25, 0.3) is 0 Å². The van der Waals surface area contributed by atoms with Crippen molar-refractivity contribution >= 4 is 23.3 Å². The second kappa shape index (κ2) is 4.09. The number of hydrogen-bond acceptors (Lipinski definition) is 3. The number of hydrogen-bond donors (Lipinski definition) is 2. The maximum atomic E-state index is 11.9. The molecule has 0 saturated carbocycles. The predicted molar refractivity (Wildman–Crippen MR) is 49.5 cm³/mol. The molecule has 4 nitrogen and oxygen atoms in total. The van der Waals surface area contributed by atoms with Gasteiger partial charge in [0.05, 0.1) is 16.3 Å². The zero-order valence-corrected chi connectivity index (χ0v) is 8.26. The molecular formula is C8H5ClF3NO3. The van der Waals surface area contributed by atoms with E-state index in [1.807, 2.05) is 0 Å². The zero-order chi connectivity index (χ0) is 12.5. The van der Waals surface area contributed by atoms with Crippen molar-refractivity contribution in [2.75, 3.05) is 5.73 Å². The summed E-state index contributed by atoms with van der Waals surface area (Å²) in [5, 5.41) is 8.22. The normalized spacial score (nSPS) is 11.2. The Morgan fingerprint density at radius 3 is 2.44 bits per heavy atom. The van der Waals surface area contributed by atoms with Gasteiger partial charge in [-0.25, -0.2) is 4.79 Å². The summed E-state index contributed by atoms with van der Waals surface area (Å²) in [4.78, 5) is 10.6. The van der Waals surface area contributed by atoms with Gasteiger partial charge in [-0.1, -0.05) is 11.6 Å². The summed E-state index contributed by atoms with van der Waals surface area (Å²) in [5.41, 5.74) is 4.33. The Kier molecular flexibility index (Phi) is 3.18. The molecule has 0 aromatic heterocycles. The van der Waals surface area contributed by atoms with Crippen molar-refractivity contribution < 1.29 is 27.8 Å². The zero-order valence-electron chi connectivity index (χ0n) is 7.51. The van der Waals surface area contributed by atoms with Gasteiger partial charge in [0.1, 0.15) is 0 Å². The molecule has 0 fully saturated rings. The number of carboxylic acids is 1.